The normalized spacial score (nSPS) is 13.9. The van der Waals surface area contributed by atoms with Gasteiger partial charge in [-0.2, -0.15) is 0 Å². The second-order valence-corrected chi connectivity index (χ2v) is 6.72. The van der Waals surface area contributed by atoms with Crippen molar-refractivity contribution in [2.24, 2.45) is 0 Å². The molecule has 1 fully saturated rings. The lowest BCUT2D eigenvalue weighted by molar-refractivity contribution is -0.132. The molecule has 0 N–H and O–H groups in total. The van der Waals surface area contributed by atoms with Gasteiger partial charge in [-0.15, -0.1) is 0 Å². The van der Waals surface area contributed by atoms with E-state index in [1.807, 2.05) is 41.3 Å². The molecule has 28 heavy (non-hydrogen) atoms. The molecule has 148 valence electrons. The number of aryl methyl sites for hydroxylation is 1. The number of piperazine rings is 1. The summed E-state index contributed by atoms with van der Waals surface area (Å²) in [4.78, 5) is 28.9. The third-order valence-electron chi connectivity index (χ3n) is 5.04. The van der Waals surface area contributed by atoms with E-state index in [9.17, 15) is 9.59 Å². The number of benzene rings is 2. The van der Waals surface area contributed by atoms with Gasteiger partial charge in [0.05, 0.1) is 19.8 Å². The molecule has 0 radical (unpaired) electrons. The zero-order valence-electron chi connectivity index (χ0n) is 16.4. The fraction of sp³-hybridized carbons (Fsp3) is 0.364. The predicted molar refractivity (Wildman–Crippen MR) is 107 cm³/mol. The highest BCUT2D eigenvalue weighted by Gasteiger charge is 2.26. The van der Waals surface area contributed by atoms with Crippen molar-refractivity contribution in [3.05, 3.63) is 59.7 Å². The van der Waals surface area contributed by atoms with Crippen molar-refractivity contribution in [2.75, 3.05) is 40.4 Å². The second-order valence-electron chi connectivity index (χ2n) is 6.72. The van der Waals surface area contributed by atoms with Crippen LogP contribution in [0.1, 0.15) is 22.3 Å². The molecule has 0 unspecified atom stereocenters. The van der Waals surface area contributed by atoms with Crippen molar-refractivity contribution >= 4 is 11.8 Å². The van der Waals surface area contributed by atoms with E-state index in [4.69, 9.17) is 9.47 Å². The highest BCUT2D eigenvalue weighted by atomic mass is 16.5. The topological polar surface area (TPSA) is 59.1 Å². The van der Waals surface area contributed by atoms with Gasteiger partial charge in [0, 0.05) is 32.6 Å². The molecule has 2 aromatic carbocycles. The SMILES string of the molecule is COc1ccc(CCC(=O)N2CCN(C(=O)c3ccccc3OC)CC2)cc1. The number of hydrogen-bond donors (Lipinski definition) is 0. The molecule has 0 aliphatic carbocycles. The van der Waals surface area contributed by atoms with Crippen molar-refractivity contribution in [1.29, 1.82) is 0 Å². The van der Waals surface area contributed by atoms with Gasteiger partial charge in [-0.25, -0.2) is 0 Å². The number of ether oxygens (including phenoxy) is 2. The van der Waals surface area contributed by atoms with Gasteiger partial charge in [0.1, 0.15) is 11.5 Å². The van der Waals surface area contributed by atoms with Crippen LogP contribution in [0.2, 0.25) is 0 Å². The first kappa shape index (κ1) is 19.7. The molecule has 0 aromatic heterocycles. The van der Waals surface area contributed by atoms with Crippen molar-refractivity contribution in [3.8, 4) is 11.5 Å². The monoisotopic (exact) mass is 382 g/mol. The number of nitrogens with zero attached hydrogens (tertiary/aromatic N) is 2. The Bertz CT molecular complexity index is 812. The molecule has 0 spiro atoms. The van der Waals surface area contributed by atoms with E-state index in [-0.39, 0.29) is 11.8 Å². The third kappa shape index (κ3) is 4.63. The fourth-order valence-electron chi connectivity index (χ4n) is 3.35. The Morgan fingerprint density at radius 3 is 2.14 bits per heavy atom. The summed E-state index contributed by atoms with van der Waals surface area (Å²) in [5.41, 5.74) is 1.67. The lowest BCUT2D eigenvalue weighted by atomic mass is 10.1. The van der Waals surface area contributed by atoms with E-state index in [1.54, 1.807) is 31.3 Å². The summed E-state index contributed by atoms with van der Waals surface area (Å²) >= 11 is 0. The Hall–Kier alpha value is -3.02. The van der Waals surface area contributed by atoms with E-state index >= 15 is 0 Å². The van der Waals surface area contributed by atoms with Gasteiger partial charge >= 0.3 is 0 Å². The molecule has 1 aliphatic heterocycles. The average Bonchev–Trinajstić information content (AvgIpc) is 2.77. The summed E-state index contributed by atoms with van der Waals surface area (Å²) in [6.45, 7) is 2.18. The smallest absolute Gasteiger partial charge is 0.257 e. The average molecular weight is 382 g/mol. The molecule has 0 bridgehead atoms. The zero-order chi connectivity index (χ0) is 19.9. The molecular formula is C22H26N2O4. The van der Waals surface area contributed by atoms with Crippen LogP contribution in [-0.4, -0.2) is 62.0 Å². The number of methoxy groups -OCH3 is 2. The molecule has 0 saturated carbocycles. The predicted octanol–water partition coefficient (Wildman–Crippen LogP) is 2.62. The summed E-state index contributed by atoms with van der Waals surface area (Å²) in [5, 5.41) is 0. The maximum Gasteiger partial charge on any atom is 0.257 e. The summed E-state index contributed by atoms with van der Waals surface area (Å²) in [6.07, 6.45) is 1.16. The molecule has 2 aromatic rings. The van der Waals surface area contributed by atoms with Crippen LogP contribution in [0.4, 0.5) is 0 Å². The molecule has 1 saturated heterocycles. The Morgan fingerprint density at radius 1 is 0.857 bits per heavy atom. The third-order valence-corrected chi connectivity index (χ3v) is 5.04. The minimum atomic E-state index is -0.0530. The van der Waals surface area contributed by atoms with Gasteiger partial charge in [0.15, 0.2) is 0 Å². The van der Waals surface area contributed by atoms with Crippen LogP contribution in [0.15, 0.2) is 48.5 Å². The maximum atomic E-state index is 12.8. The van der Waals surface area contributed by atoms with Gasteiger partial charge in [0.2, 0.25) is 5.91 Å². The molecule has 1 aliphatic rings. The Morgan fingerprint density at radius 2 is 1.50 bits per heavy atom. The quantitative estimate of drug-likeness (QED) is 0.771. The molecule has 1 heterocycles. The zero-order valence-corrected chi connectivity index (χ0v) is 16.4. The molecule has 6 nitrogen and oxygen atoms in total. The van der Waals surface area contributed by atoms with Crippen LogP contribution in [0, 0.1) is 0 Å². The number of amides is 2. The van der Waals surface area contributed by atoms with Crippen molar-refractivity contribution < 1.29 is 19.1 Å². The lowest BCUT2D eigenvalue weighted by Gasteiger charge is -2.35. The Balaban J connectivity index is 1.50. The fourth-order valence-corrected chi connectivity index (χ4v) is 3.35. The summed E-state index contributed by atoms with van der Waals surface area (Å²) in [5.74, 6) is 1.46. The highest BCUT2D eigenvalue weighted by molar-refractivity contribution is 5.97. The van der Waals surface area contributed by atoms with Crippen molar-refractivity contribution in [2.45, 2.75) is 12.8 Å². The van der Waals surface area contributed by atoms with E-state index in [0.29, 0.717) is 50.3 Å². The van der Waals surface area contributed by atoms with Gasteiger partial charge in [-0.1, -0.05) is 24.3 Å². The van der Waals surface area contributed by atoms with Crippen LogP contribution in [0.5, 0.6) is 11.5 Å². The largest absolute Gasteiger partial charge is 0.497 e. The molecule has 3 rings (SSSR count). The van der Waals surface area contributed by atoms with Crippen LogP contribution >= 0.6 is 0 Å². The Kier molecular flexibility index (Phi) is 6.53. The highest BCUT2D eigenvalue weighted by Crippen LogP contribution is 2.20. The van der Waals surface area contributed by atoms with E-state index in [0.717, 1.165) is 11.3 Å². The Labute approximate surface area is 165 Å². The van der Waals surface area contributed by atoms with Crippen LogP contribution in [0.25, 0.3) is 0 Å². The minimum Gasteiger partial charge on any atom is -0.497 e. The number of hydrogen-bond acceptors (Lipinski definition) is 4. The summed E-state index contributed by atoms with van der Waals surface area (Å²) < 4.78 is 10.4. The van der Waals surface area contributed by atoms with Crippen molar-refractivity contribution in [1.82, 2.24) is 9.80 Å². The summed E-state index contributed by atoms with van der Waals surface area (Å²) in [7, 11) is 3.20. The molecule has 2 amide bonds. The van der Waals surface area contributed by atoms with E-state index in [1.165, 1.54) is 0 Å². The standard InChI is InChI=1S/C22H26N2O4/c1-27-18-10-7-17(8-11-18)9-12-21(25)23-13-15-24(16-14-23)22(26)19-5-3-4-6-20(19)28-2/h3-8,10-11H,9,12-16H2,1-2H3. The first-order valence-electron chi connectivity index (χ1n) is 9.45. The molecule has 6 heteroatoms. The summed E-state index contributed by atoms with van der Waals surface area (Å²) in [6, 6.07) is 15.0. The van der Waals surface area contributed by atoms with E-state index < -0.39 is 0 Å². The number of carbonyl (C=O) groups excluding carboxylic acids is 2. The van der Waals surface area contributed by atoms with Crippen LogP contribution in [-0.2, 0) is 11.2 Å². The van der Waals surface area contributed by atoms with Gasteiger partial charge < -0.3 is 19.3 Å². The first-order valence-corrected chi connectivity index (χ1v) is 9.45. The lowest BCUT2D eigenvalue weighted by Crippen LogP contribution is -2.50. The second kappa shape index (κ2) is 9.26. The van der Waals surface area contributed by atoms with Crippen molar-refractivity contribution in [3.63, 3.8) is 0 Å². The van der Waals surface area contributed by atoms with E-state index in [2.05, 4.69) is 0 Å². The van der Waals surface area contributed by atoms with Gasteiger partial charge in [0.25, 0.3) is 5.91 Å². The number of para-hydroxylation sites is 1. The number of carbonyl (C=O) groups is 2. The first-order chi connectivity index (χ1) is 13.6. The number of rotatable bonds is 6. The molecular weight excluding hydrogens is 356 g/mol. The van der Waals surface area contributed by atoms with Gasteiger partial charge in [-0.05, 0) is 36.2 Å². The molecule has 0 atom stereocenters. The van der Waals surface area contributed by atoms with Crippen LogP contribution < -0.4 is 9.47 Å². The minimum absolute atomic E-state index is 0.0530. The van der Waals surface area contributed by atoms with Gasteiger partial charge in [-0.3, -0.25) is 9.59 Å². The maximum absolute atomic E-state index is 12.8. The van der Waals surface area contributed by atoms with Crippen LogP contribution in [0.3, 0.4) is 0 Å².